The number of carbonyl (C=O) groups is 2. The SMILES string of the molecule is CC[Si](CC)(CC)O[C@]12C=CC=C1C#C/C1=C\C#C[C@H]2Oc2c(Cl)cc(cc2OCOC)[C@@H](NC(=O)OC(C)(C)C)CC(=O)OC[C@@H]1OCc1ccc(OC)cc1. The van der Waals surface area contributed by atoms with Gasteiger partial charge in [-0.05, 0) is 86.4 Å². The molecule has 6 rings (SSSR count). The Morgan fingerprint density at radius 2 is 1.81 bits per heavy atom. The lowest BCUT2D eigenvalue weighted by molar-refractivity contribution is -0.147. The predicted molar refractivity (Wildman–Crippen MR) is 220 cm³/mol. The number of hydrogen-bond donors (Lipinski definition) is 1. The van der Waals surface area contributed by atoms with Crippen LogP contribution in [0.1, 0.15) is 65.1 Å². The highest BCUT2D eigenvalue weighted by molar-refractivity contribution is 6.73. The van der Waals surface area contributed by atoms with Crippen molar-refractivity contribution in [3.8, 4) is 40.9 Å². The molecule has 0 radical (unpaired) electrons. The van der Waals surface area contributed by atoms with Gasteiger partial charge < -0.3 is 42.9 Å². The average molecular weight is 818 g/mol. The quantitative estimate of drug-likeness (QED) is 0.0914. The second-order valence-corrected chi connectivity index (χ2v) is 19.9. The number of hydrogen-bond acceptors (Lipinski definition) is 10. The second-order valence-electron chi connectivity index (χ2n) is 14.8. The van der Waals surface area contributed by atoms with Crippen molar-refractivity contribution in [2.45, 2.75) is 102 Å². The smallest absolute Gasteiger partial charge is 0.408 e. The van der Waals surface area contributed by atoms with E-state index in [1.165, 1.54) is 7.11 Å². The molecule has 4 atom stereocenters. The molecule has 13 heteroatoms. The molecular formula is C44H52ClNO10Si. The standard InChI is InChI=1S/C44H52ClNO10Si/c1-9-57(10-2,11-3)56-44-23-13-15-33(44)20-19-31-14-12-16-39(44)54-41-35(45)24-32(25-37(41)53-29-49-7)36(46-42(48)55-43(4,5)6)26-40(47)52-28-38(31)51-27-30-17-21-34(50-8)22-18-30/h13-15,17-18,21-25,36,38-39H,9-11,26-29H2,1-8H3,(H,46,48)/b31-14+/t36-,38-,39+,44+/m0/s1. The maximum absolute atomic E-state index is 13.7. The summed E-state index contributed by atoms with van der Waals surface area (Å²) in [6.07, 6.45) is 4.63. The molecule has 0 saturated carbocycles. The van der Waals surface area contributed by atoms with Crippen LogP contribution in [0.3, 0.4) is 0 Å². The normalized spacial score (nSPS) is 22.5. The van der Waals surface area contributed by atoms with Crippen LogP contribution < -0.4 is 19.5 Å². The van der Waals surface area contributed by atoms with Crippen molar-refractivity contribution in [2.24, 2.45) is 0 Å². The minimum Gasteiger partial charge on any atom is -0.497 e. The van der Waals surface area contributed by atoms with E-state index in [0.717, 1.165) is 23.7 Å². The first-order valence-electron chi connectivity index (χ1n) is 19.1. The predicted octanol–water partition coefficient (Wildman–Crippen LogP) is 8.38. The summed E-state index contributed by atoms with van der Waals surface area (Å²) < 4.78 is 48.8. The summed E-state index contributed by atoms with van der Waals surface area (Å²) in [4.78, 5) is 26.9. The number of esters is 1. The molecular weight excluding hydrogens is 766 g/mol. The summed E-state index contributed by atoms with van der Waals surface area (Å²) in [5, 5.41) is 2.95. The molecule has 0 aromatic heterocycles. The molecule has 0 spiro atoms. The topological polar surface area (TPSA) is 120 Å². The molecule has 4 aliphatic rings. The summed E-state index contributed by atoms with van der Waals surface area (Å²) in [6.45, 7) is 11.5. The Hall–Kier alpha value is -4.69. The molecule has 2 aromatic rings. The first-order valence-corrected chi connectivity index (χ1v) is 22.0. The van der Waals surface area contributed by atoms with Gasteiger partial charge in [0.15, 0.2) is 38.3 Å². The van der Waals surface area contributed by atoms with Crippen molar-refractivity contribution in [1.29, 1.82) is 0 Å². The molecule has 4 bridgehead atoms. The van der Waals surface area contributed by atoms with Gasteiger partial charge in [-0.2, -0.15) is 0 Å². The molecule has 0 unspecified atom stereocenters. The second kappa shape index (κ2) is 19.2. The van der Waals surface area contributed by atoms with Gasteiger partial charge in [-0.1, -0.05) is 74.3 Å². The number of nitrogens with one attached hydrogen (secondary N) is 1. The Morgan fingerprint density at radius 3 is 2.47 bits per heavy atom. The summed E-state index contributed by atoms with van der Waals surface area (Å²) in [5.74, 6) is 13.6. The van der Waals surface area contributed by atoms with Gasteiger partial charge >= 0.3 is 12.1 Å². The van der Waals surface area contributed by atoms with Crippen LogP contribution >= 0.6 is 11.6 Å². The maximum Gasteiger partial charge on any atom is 0.408 e. The minimum absolute atomic E-state index is 0.138. The number of amides is 1. The number of halogens is 1. The average Bonchev–Trinajstić information content (AvgIpc) is 3.60. The van der Waals surface area contributed by atoms with E-state index in [2.05, 4.69) is 49.8 Å². The van der Waals surface area contributed by atoms with E-state index < -0.39 is 49.8 Å². The van der Waals surface area contributed by atoms with E-state index in [9.17, 15) is 9.59 Å². The van der Waals surface area contributed by atoms with Crippen molar-refractivity contribution in [1.82, 2.24) is 5.32 Å². The van der Waals surface area contributed by atoms with Crippen LogP contribution in [0.2, 0.25) is 23.2 Å². The van der Waals surface area contributed by atoms with E-state index >= 15 is 0 Å². The third-order valence-electron chi connectivity index (χ3n) is 9.94. The molecule has 0 fully saturated rings. The highest BCUT2D eigenvalue weighted by Gasteiger charge is 2.50. The van der Waals surface area contributed by atoms with Crippen molar-refractivity contribution >= 4 is 32.0 Å². The lowest BCUT2D eigenvalue weighted by Gasteiger charge is -2.42. The number of methoxy groups -OCH3 is 2. The number of fused-ring (bicyclic) bond motifs is 8. The van der Waals surface area contributed by atoms with Gasteiger partial charge in [-0.15, -0.1) is 0 Å². The van der Waals surface area contributed by atoms with Crippen LogP contribution in [0.4, 0.5) is 4.79 Å². The third-order valence-corrected chi connectivity index (χ3v) is 14.9. The highest BCUT2D eigenvalue weighted by Crippen LogP contribution is 2.45. The van der Waals surface area contributed by atoms with Crippen LogP contribution in [0.25, 0.3) is 0 Å². The molecule has 304 valence electrons. The largest absolute Gasteiger partial charge is 0.497 e. The number of carbonyl (C=O) groups excluding carboxylic acids is 2. The van der Waals surface area contributed by atoms with E-state index in [1.54, 1.807) is 46.1 Å². The van der Waals surface area contributed by atoms with Crippen molar-refractivity contribution in [3.05, 3.63) is 88.0 Å². The van der Waals surface area contributed by atoms with Gasteiger partial charge in [-0.25, -0.2) is 4.79 Å². The van der Waals surface area contributed by atoms with Crippen molar-refractivity contribution in [2.75, 3.05) is 27.6 Å². The van der Waals surface area contributed by atoms with Crippen LogP contribution in [0.15, 0.2) is 71.8 Å². The van der Waals surface area contributed by atoms with Gasteiger partial charge in [0, 0.05) is 24.3 Å². The van der Waals surface area contributed by atoms with Gasteiger partial charge in [0.1, 0.15) is 24.1 Å². The zero-order chi connectivity index (χ0) is 41.2. The Bertz CT molecular complexity index is 1990. The minimum atomic E-state index is -2.38. The fourth-order valence-electron chi connectivity index (χ4n) is 6.60. The lowest BCUT2D eigenvalue weighted by atomic mass is 9.90. The first-order chi connectivity index (χ1) is 27.3. The third kappa shape index (κ3) is 10.8. The number of ether oxygens (including phenoxy) is 7. The van der Waals surface area contributed by atoms with E-state index in [4.69, 9.17) is 49.2 Å². The van der Waals surface area contributed by atoms with Crippen LogP contribution in [0, 0.1) is 23.7 Å². The number of rotatable bonds is 13. The molecule has 57 heavy (non-hydrogen) atoms. The highest BCUT2D eigenvalue weighted by atomic mass is 35.5. The molecule has 0 saturated heterocycles. The monoisotopic (exact) mass is 817 g/mol. The van der Waals surface area contributed by atoms with E-state index in [-0.39, 0.29) is 42.9 Å². The van der Waals surface area contributed by atoms with Crippen molar-refractivity contribution < 1.29 is 47.2 Å². The maximum atomic E-state index is 13.7. The van der Waals surface area contributed by atoms with Gasteiger partial charge in [0.25, 0.3) is 0 Å². The van der Waals surface area contributed by atoms with Gasteiger partial charge in [0.05, 0.1) is 31.2 Å². The Morgan fingerprint density at radius 1 is 1.07 bits per heavy atom. The van der Waals surface area contributed by atoms with Gasteiger partial charge in [-0.3, -0.25) is 4.79 Å². The number of alkyl carbamates (subject to hydrolysis) is 1. The van der Waals surface area contributed by atoms with Crippen LogP contribution in [0.5, 0.6) is 17.2 Å². The Kier molecular flexibility index (Phi) is 14.6. The fourth-order valence-corrected chi connectivity index (χ4v) is 9.80. The Balaban J connectivity index is 1.68. The number of benzene rings is 2. The van der Waals surface area contributed by atoms with E-state index in [1.807, 2.05) is 42.5 Å². The molecule has 1 N–H and O–H groups in total. The molecule has 11 nitrogen and oxygen atoms in total. The van der Waals surface area contributed by atoms with Crippen LogP contribution in [-0.2, 0) is 34.8 Å². The zero-order valence-electron chi connectivity index (χ0n) is 33.9. The van der Waals surface area contributed by atoms with Crippen LogP contribution in [-0.4, -0.2) is 71.4 Å². The summed E-state index contributed by atoms with van der Waals surface area (Å²) >= 11 is 7.07. The first kappa shape index (κ1) is 43.4. The molecule has 2 aromatic carbocycles. The summed E-state index contributed by atoms with van der Waals surface area (Å²) in [6, 6.07) is 12.3. The summed E-state index contributed by atoms with van der Waals surface area (Å²) in [7, 11) is 0.712. The lowest BCUT2D eigenvalue weighted by Crippen LogP contribution is -2.54. The Labute approximate surface area is 342 Å². The summed E-state index contributed by atoms with van der Waals surface area (Å²) in [5.41, 5.74) is 0.410. The van der Waals surface area contributed by atoms with Crippen molar-refractivity contribution in [3.63, 3.8) is 0 Å². The molecule has 1 amide bonds. The van der Waals surface area contributed by atoms with Gasteiger partial charge in [0.2, 0.25) is 0 Å². The number of allylic oxidation sites excluding steroid dienone is 3. The molecule has 2 aliphatic carbocycles. The molecule has 2 heterocycles. The zero-order valence-corrected chi connectivity index (χ0v) is 35.7. The molecule has 2 aliphatic heterocycles. The van der Waals surface area contributed by atoms with E-state index in [0.29, 0.717) is 22.5 Å². The fraction of sp³-hybridized carbons (Fsp3) is 0.455.